The van der Waals surface area contributed by atoms with E-state index in [-0.39, 0.29) is 0 Å². The largest absolute Gasteiger partial charge is 0.380 e. The molecule has 0 aromatic rings. The van der Waals surface area contributed by atoms with Crippen LogP contribution in [0.25, 0.3) is 0 Å². The van der Waals surface area contributed by atoms with Gasteiger partial charge in [-0.15, -0.1) is 0 Å². The summed E-state index contributed by atoms with van der Waals surface area (Å²) in [5.41, 5.74) is 0. The van der Waals surface area contributed by atoms with Crippen molar-refractivity contribution in [2.75, 3.05) is 30.5 Å². The van der Waals surface area contributed by atoms with E-state index in [2.05, 4.69) is 24.4 Å². The Kier molecular flexibility index (Phi) is 7.23. The van der Waals surface area contributed by atoms with Gasteiger partial charge in [-0.2, -0.15) is 24.4 Å². The number of thiol groups is 1. The van der Waals surface area contributed by atoms with Crippen LogP contribution >= 0.6 is 24.4 Å². The summed E-state index contributed by atoms with van der Waals surface area (Å²) in [4.78, 5) is 0. The highest BCUT2D eigenvalue weighted by Crippen LogP contribution is 2.27. The average molecular weight is 220 g/mol. The molecule has 1 aliphatic carbocycles. The van der Waals surface area contributed by atoms with E-state index in [0.717, 1.165) is 30.6 Å². The lowest BCUT2D eigenvalue weighted by Crippen LogP contribution is -2.03. The quantitative estimate of drug-likeness (QED) is 0.522. The lowest BCUT2D eigenvalue weighted by atomic mass is 10.1. The maximum Gasteiger partial charge on any atom is 0.0557 e. The fourth-order valence-corrected chi connectivity index (χ4v) is 2.91. The highest BCUT2D eigenvalue weighted by atomic mass is 32.2. The summed E-state index contributed by atoms with van der Waals surface area (Å²) in [6, 6.07) is 0. The Labute approximate surface area is 91.4 Å². The zero-order valence-corrected chi connectivity index (χ0v) is 9.92. The molecule has 1 nitrogen and oxygen atoms in total. The van der Waals surface area contributed by atoms with Crippen LogP contribution in [0.3, 0.4) is 0 Å². The Hall–Kier alpha value is 0.660. The summed E-state index contributed by atoms with van der Waals surface area (Å²) < 4.78 is 5.35. The van der Waals surface area contributed by atoms with Crippen LogP contribution < -0.4 is 0 Å². The molecule has 0 aromatic heterocycles. The Morgan fingerprint density at radius 2 is 2.00 bits per heavy atom. The first kappa shape index (κ1) is 11.7. The second kappa shape index (κ2) is 8.01. The first-order valence-electron chi connectivity index (χ1n) is 5.20. The lowest BCUT2D eigenvalue weighted by molar-refractivity contribution is 0.167. The summed E-state index contributed by atoms with van der Waals surface area (Å²) in [5, 5.41) is 0. The summed E-state index contributed by atoms with van der Waals surface area (Å²) in [6.45, 7) is 1.70. The summed E-state index contributed by atoms with van der Waals surface area (Å²) >= 11 is 6.14. The van der Waals surface area contributed by atoms with E-state index < -0.39 is 0 Å². The van der Waals surface area contributed by atoms with Crippen LogP contribution in [0, 0.1) is 5.92 Å². The van der Waals surface area contributed by atoms with Gasteiger partial charge in [0.1, 0.15) is 0 Å². The lowest BCUT2D eigenvalue weighted by Gasteiger charge is -2.07. The Balaban J connectivity index is 1.78. The number of hydrogen-bond acceptors (Lipinski definition) is 3. The highest BCUT2D eigenvalue weighted by molar-refractivity contribution is 7.99. The van der Waals surface area contributed by atoms with Gasteiger partial charge in [0.25, 0.3) is 0 Å². The van der Waals surface area contributed by atoms with Crippen molar-refractivity contribution in [3.8, 4) is 0 Å². The average Bonchev–Trinajstić information content (AvgIpc) is 2.63. The molecule has 0 bridgehead atoms. The zero-order chi connectivity index (χ0) is 9.36. The van der Waals surface area contributed by atoms with Crippen LogP contribution in [-0.4, -0.2) is 30.5 Å². The molecule has 0 N–H and O–H groups in total. The number of hydrogen-bond donors (Lipinski definition) is 1. The van der Waals surface area contributed by atoms with Crippen LogP contribution in [-0.2, 0) is 4.74 Å². The maximum absolute atomic E-state index is 5.35. The molecule has 3 heteroatoms. The van der Waals surface area contributed by atoms with Gasteiger partial charge in [0, 0.05) is 11.5 Å². The smallest absolute Gasteiger partial charge is 0.0557 e. The van der Waals surface area contributed by atoms with Crippen molar-refractivity contribution in [2.24, 2.45) is 5.92 Å². The first-order chi connectivity index (χ1) is 6.43. The van der Waals surface area contributed by atoms with Crippen LogP contribution in [0.1, 0.15) is 25.7 Å². The SMILES string of the molecule is SCCOCCSCC1CCCC1. The maximum atomic E-state index is 5.35. The molecule has 0 radical (unpaired) electrons. The van der Waals surface area contributed by atoms with E-state index in [4.69, 9.17) is 4.74 Å². The monoisotopic (exact) mass is 220 g/mol. The minimum absolute atomic E-state index is 0.799. The van der Waals surface area contributed by atoms with E-state index in [9.17, 15) is 0 Å². The molecule has 0 heterocycles. The predicted molar refractivity (Wildman–Crippen MR) is 64.0 cm³/mol. The summed E-state index contributed by atoms with van der Waals surface area (Å²) in [5.74, 6) is 4.36. The molecule has 1 saturated carbocycles. The molecule has 0 saturated heterocycles. The minimum atomic E-state index is 0.799. The summed E-state index contributed by atoms with van der Waals surface area (Å²) in [6.07, 6.45) is 5.84. The summed E-state index contributed by atoms with van der Waals surface area (Å²) in [7, 11) is 0. The second-order valence-corrected chi connectivity index (χ2v) is 5.16. The van der Waals surface area contributed by atoms with Gasteiger partial charge in [-0.25, -0.2) is 0 Å². The molecule has 0 unspecified atom stereocenters. The molecule has 0 aromatic carbocycles. The van der Waals surface area contributed by atoms with Gasteiger partial charge in [0.05, 0.1) is 13.2 Å². The molecule has 13 heavy (non-hydrogen) atoms. The number of rotatable bonds is 7. The molecular weight excluding hydrogens is 200 g/mol. The third-order valence-corrected chi connectivity index (χ3v) is 3.78. The second-order valence-electron chi connectivity index (χ2n) is 3.56. The normalized spacial score (nSPS) is 18.2. The van der Waals surface area contributed by atoms with Gasteiger partial charge < -0.3 is 4.74 Å². The fraction of sp³-hybridized carbons (Fsp3) is 1.00. The molecular formula is C10H20OS2. The van der Waals surface area contributed by atoms with Gasteiger partial charge in [0.15, 0.2) is 0 Å². The van der Waals surface area contributed by atoms with Crippen LogP contribution in [0.15, 0.2) is 0 Å². The Bertz CT molecular complexity index is 113. The minimum Gasteiger partial charge on any atom is -0.380 e. The third-order valence-electron chi connectivity index (χ3n) is 2.44. The molecule has 0 atom stereocenters. The van der Waals surface area contributed by atoms with E-state index in [1.807, 2.05) is 0 Å². The van der Waals surface area contributed by atoms with Gasteiger partial charge in [-0.05, 0) is 24.5 Å². The van der Waals surface area contributed by atoms with Crippen molar-refractivity contribution in [1.82, 2.24) is 0 Å². The van der Waals surface area contributed by atoms with E-state index >= 15 is 0 Å². The van der Waals surface area contributed by atoms with Crippen molar-refractivity contribution < 1.29 is 4.74 Å². The number of thioether (sulfide) groups is 1. The highest BCUT2D eigenvalue weighted by Gasteiger charge is 2.13. The van der Waals surface area contributed by atoms with Gasteiger partial charge in [-0.1, -0.05) is 12.8 Å². The van der Waals surface area contributed by atoms with E-state index in [0.29, 0.717) is 0 Å². The Morgan fingerprint density at radius 3 is 2.69 bits per heavy atom. The van der Waals surface area contributed by atoms with Gasteiger partial charge in [0.2, 0.25) is 0 Å². The first-order valence-corrected chi connectivity index (χ1v) is 6.98. The predicted octanol–water partition coefficient (Wildman–Crippen LogP) is 2.86. The van der Waals surface area contributed by atoms with Crippen molar-refractivity contribution in [3.05, 3.63) is 0 Å². The van der Waals surface area contributed by atoms with Crippen molar-refractivity contribution in [2.45, 2.75) is 25.7 Å². The molecule has 0 amide bonds. The standard InChI is InChI=1S/C10H20OS2/c12-7-5-11-6-8-13-9-10-3-1-2-4-10/h10,12H,1-9H2. The van der Waals surface area contributed by atoms with Crippen molar-refractivity contribution >= 4 is 24.4 Å². The zero-order valence-electron chi connectivity index (χ0n) is 8.21. The van der Waals surface area contributed by atoms with Crippen molar-refractivity contribution in [3.63, 3.8) is 0 Å². The van der Waals surface area contributed by atoms with Crippen LogP contribution in [0.2, 0.25) is 0 Å². The molecule has 0 aliphatic heterocycles. The topological polar surface area (TPSA) is 9.23 Å². The van der Waals surface area contributed by atoms with E-state index in [1.165, 1.54) is 31.4 Å². The number of ether oxygens (including phenoxy) is 1. The Morgan fingerprint density at radius 1 is 1.23 bits per heavy atom. The molecule has 1 aliphatic rings. The van der Waals surface area contributed by atoms with Crippen molar-refractivity contribution in [1.29, 1.82) is 0 Å². The molecule has 0 spiro atoms. The molecule has 78 valence electrons. The fourth-order valence-electron chi connectivity index (χ4n) is 1.71. The van der Waals surface area contributed by atoms with Crippen LogP contribution in [0.5, 0.6) is 0 Å². The van der Waals surface area contributed by atoms with Gasteiger partial charge >= 0.3 is 0 Å². The van der Waals surface area contributed by atoms with Gasteiger partial charge in [-0.3, -0.25) is 0 Å². The molecule has 1 rings (SSSR count). The molecule has 1 fully saturated rings. The van der Waals surface area contributed by atoms with Crippen LogP contribution in [0.4, 0.5) is 0 Å². The van der Waals surface area contributed by atoms with E-state index in [1.54, 1.807) is 0 Å². The third kappa shape index (κ3) is 5.87.